The molecule has 0 saturated heterocycles. The van der Waals surface area contributed by atoms with Crippen LogP contribution in [0.2, 0.25) is 0 Å². The van der Waals surface area contributed by atoms with Crippen LogP contribution in [0.1, 0.15) is 5.76 Å². The standard InChI is InChI=1S/C12H13NO3S/c1-8-3-6-11(16-8)9-4-5-10(13)12(7-9)17(2,14)15/h3-7H,13H2,1-2H3. The fraction of sp³-hybridized carbons (Fsp3) is 0.167. The van der Waals surface area contributed by atoms with Crippen LogP contribution in [0.25, 0.3) is 11.3 Å². The molecule has 0 aliphatic rings. The molecule has 17 heavy (non-hydrogen) atoms. The quantitative estimate of drug-likeness (QED) is 0.831. The van der Waals surface area contributed by atoms with E-state index < -0.39 is 9.84 Å². The molecule has 0 bridgehead atoms. The molecule has 0 fully saturated rings. The van der Waals surface area contributed by atoms with Crippen LogP contribution in [0, 0.1) is 6.92 Å². The Hall–Kier alpha value is -1.75. The predicted octanol–water partition coefficient (Wildman–Crippen LogP) is 2.24. The lowest BCUT2D eigenvalue weighted by Crippen LogP contribution is -2.02. The number of nitrogens with two attached hydrogens (primary N) is 1. The van der Waals surface area contributed by atoms with Gasteiger partial charge in [0.05, 0.1) is 10.6 Å². The highest BCUT2D eigenvalue weighted by molar-refractivity contribution is 7.90. The van der Waals surface area contributed by atoms with Crippen molar-refractivity contribution < 1.29 is 12.8 Å². The summed E-state index contributed by atoms with van der Waals surface area (Å²) in [4.78, 5) is 0.129. The summed E-state index contributed by atoms with van der Waals surface area (Å²) in [5.41, 5.74) is 6.60. The van der Waals surface area contributed by atoms with Gasteiger partial charge in [-0.1, -0.05) is 0 Å². The van der Waals surface area contributed by atoms with Crippen molar-refractivity contribution in [2.45, 2.75) is 11.8 Å². The third-order valence-corrected chi connectivity index (χ3v) is 3.59. The van der Waals surface area contributed by atoms with Crippen molar-refractivity contribution in [3.8, 4) is 11.3 Å². The third-order valence-electron chi connectivity index (χ3n) is 2.44. The van der Waals surface area contributed by atoms with E-state index in [0.29, 0.717) is 11.3 Å². The fourth-order valence-electron chi connectivity index (χ4n) is 1.60. The Labute approximate surface area is 100.0 Å². The number of hydrogen-bond donors (Lipinski definition) is 1. The minimum absolute atomic E-state index is 0.129. The first kappa shape index (κ1) is 11.7. The Balaban J connectivity index is 2.59. The zero-order chi connectivity index (χ0) is 12.6. The van der Waals surface area contributed by atoms with E-state index in [1.54, 1.807) is 18.2 Å². The molecule has 1 aromatic carbocycles. The van der Waals surface area contributed by atoms with Crippen LogP contribution in [0.5, 0.6) is 0 Å². The minimum Gasteiger partial charge on any atom is -0.461 e. The first-order chi connectivity index (χ1) is 7.88. The number of nitrogen functional groups attached to an aromatic ring is 1. The van der Waals surface area contributed by atoms with Gasteiger partial charge in [-0.2, -0.15) is 0 Å². The molecule has 2 rings (SSSR count). The van der Waals surface area contributed by atoms with E-state index in [1.165, 1.54) is 6.07 Å². The number of rotatable bonds is 2. The van der Waals surface area contributed by atoms with E-state index in [1.807, 2.05) is 13.0 Å². The Kier molecular flexibility index (Phi) is 2.71. The average Bonchev–Trinajstić information content (AvgIpc) is 2.64. The highest BCUT2D eigenvalue weighted by atomic mass is 32.2. The lowest BCUT2D eigenvalue weighted by molar-refractivity contribution is 0.548. The summed E-state index contributed by atoms with van der Waals surface area (Å²) >= 11 is 0. The molecule has 0 saturated carbocycles. The van der Waals surface area contributed by atoms with Crippen LogP contribution in [0.3, 0.4) is 0 Å². The van der Waals surface area contributed by atoms with Crippen LogP contribution < -0.4 is 5.73 Å². The molecule has 0 spiro atoms. The number of aryl methyl sites for hydroxylation is 1. The average molecular weight is 251 g/mol. The van der Waals surface area contributed by atoms with Crippen LogP contribution in [0.15, 0.2) is 39.6 Å². The van der Waals surface area contributed by atoms with Gasteiger partial charge in [0, 0.05) is 11.8 Å². The fourth-order valence-corrected chi connectivity index (χ4v) is 2.44. The molecular weight excluding hydrogens is 238 g/mol. The van der Waals surface area contributed by atoms with Gasteiger partial charge in [0.1, 0.15) is 11.5 Å². The maximum Gasteiger partial charge on any atom is 0.177 e. The van der Waals surface area contributed by atoms with Gasteiger partial charge >= 0.3 is 0 Å². The van der Waals surface area contributed by atoms with E-state index in [2.05, 4.69) is 0 Å². The molecule has 4 nitrogen and oxygen atoms in total. The number of benzene rings is 1. The van der Waals surface area contributed by atoms with E-state index in [4.69, 9.17) is 10.2 Å². The van der Waals surface area contributed by atoms with Gasteiger partial charge in [0.15, 0.2) is 9.84 Å². The van der Waals surface area contributed by atoms with Crippen molar-refractivity contribution in [2.24, 2.45) is 0 Å². The molecule has 1 aromatic heterocycles. The zero-order valence-corrected chi connectivity index (χ0v) is 10.4. The molecular formula is C12H13NO3S. The summed E-state index contributed by atoms with van der Waals surface area (Å²) in [6, 6.07) is 8.47. The van der Waals surface area contributed by atoms with Crippen LogP contribution >= 0.6 is 0 Å². The van der Waals surface area contributed by atoms with E-state index >= 15 is 0 Å². The SMILES string of the molecule is Cc1ccc(-c2ccc(N)c(S(C)(=O)=O)c2)o1. The van der Waals surface area contributed by atoms with Gasteiger partial charge in [-0.15, -0.1) is 0 Å². The normalized spacial score (nSPS) is 11.6. The summed E-state index contributed by atoms with van der Waals surface area (Å²) in [5.74, 6) is 1.41. The molecule has 90 valence electrons. The Morgan fingerprint density at radius 1 is 1.18 bits per heavy atom. The predicted molar refractivity (Wildman–Crippen MR) is 66.4 cm³/mol. The topological polar surface area (TPSA) is 73.3 Å². The van der Waals surface area contributed by atoms with Crippen molar-refractivity contribution in [2.75, 3.05) is 12.0 Å². The molecule has 0 atom stereocenters. The molecule has 0 unspecified atom stereocenters. The largest absolute Gasteiger partial charge is 0.461 e. The summed E-state index contributed by atoms with van der Waals surface area (Å²) < 4.78 is 28.5. The monoisotopic (exact) mass is 251 g/mol. The summed E-state index contributed by atoms with van der Waals surface area (Å²) in [6.45, 7) is 1.83. The van der Waals surface area contributed by atoms with Gasteiger partial charge < -0.3 is 10.2 Å². The summed E-state index contributed by atoms with van der Waals surface area (Å²) in [7, 11) is -3.32. The molecule has 1 heterocycles. The lowest BCUT2D eigenvalue weighted by atomic mass is 10.1. The minimum atomic E-state index is -3.32. The Morgan fingerprint density at radius 2 is 1.88 bits per heavy atom. The molecule has 2 aromatic rings. The first-order valence-corrected chi connectivity index (χ1v) is 6.93. The zero-order valence-electron chi connectivity index (χ0n) is 9.60. The van der Waals surface area contributed by atoms with E-state index in [9.17, 15) is 8.42 Å². The molecule has 0 amide bonds. The summed E-state index contributed by atoms with van der Waals surface area (Å²) in [6.07, 6.45) is 1.13. The first-order valence-electron chi connectivity index (χ1n) is 5.04. The maximum atomic E-state index is 11.5. The highest BCUT2D eigenvalue weighted by Crippen LogP contribution is 2.27. The van der Waals surface area contributed by atoms with Gasteiger partial charge in [0.2, 0.25) is 0 Å². The molecule has 0 aliphatic heterocycles. The van der Waals surface area contributed by atoms with Gasteiger partial charge in [-0.3, -0.25) is 0 Å². The van der Waals surface area contributed by atoms with Crippen molar-refractivity contribution in [1.82, 2.24) is 0 Å². The smallest absolute Gasteiger partial charge is 0.177 e. The van der Waals surface area contributed by atoms with Crippen molar-refractivity contribution in [3.63, 3.8) is 0 Å². The molecule has 5 heteroatoms. The van der Waals surface area contributed by atoms with Gasteiger partial charge in [-0.25, -0.2) is 8.42 Å². The molecule has 2 N–H and O–H groups in total. The van der Waals surface area contributed by atoms with Crippen molar-refractivity contribution >= 4 is 15.5 Å². The lowest BCUT2D eigenvalue weighted by Gasteiger charge is -2.05. The Morgan fingerprint density at radius 3 is 2.41 bits per heavy atom. The van der Waals surface area contributed by atoms with Crippen LogP contribution in [-0.4, -0.2) is 14.7 Å². The van der Waals surface area contributed by atoms with Crippen molar-refractivity contribution in [1.29, 1.82) is 0 Å². The number of anilines is 1. The van der Waals surface area contributed by atoms with Gasteiger partial charge in [-0.05, 0) is 37.3 Å². The number of sulfone groups is 1. The van der Waals surface area contributed by atoms with E-state index in [-0.39, 0.29) is 10.6 Å². The molecule has 0 aliphatic carbocycles. The number of furan rings is 1. The second-order valence-electron chi connectivity index (χ2n) is 3.94. The van der Waals surface area contributed by atoms with E-state index in [0.717, 1.165) is 12.0 Å². The highest BCUT2D eigenvalue weighted by Gasteiger charge is 2.13. The van der Waals surface area contributed by atoms with Crippen LogP contribution in [-0.2, 0) is 9.84 Å². The summed E-state index contributed by atoms with van der Waals surface area (Å²) in [5, 5.41) is 0. The second-order valence-corrected chi connectivity index (χ2v) is 5.92. The van der Waals surface area contributed by atoms with Gasteiger partial charge in [0.25, 0.3) is 0 Å². The Bertz CT molecular complexity index is 656. The van der Waals surface area contributed by atoms with Crippen LogP contribution in [0.4, 0.5) is 5.69 Å². The third kappa shape index (κ3) is 2.34. The maximum absolute atomic E-state index is 11.5. The van der Waals surface area contributed by atoms with Crippen molar-refractivity contribution in [3.05, 3.63) is 36.1 Å². The molecule has 0 radical (unpaired) electrons. The number of hydrogen-bond acceptors (Lipinski definition) is 4. The second kappa shape index (κ2) is 3.92.